The van der Waals surface area contributed by atoms with E-state index in [-0.39, 0.29) is 18.6 Å². The summed E-state index contributed by atoms with van der Waals surface area (Å²) in [5.74, 6) is -0.737. The lowest BCUT2D eigenvalue weighted by Gasteiger charge is -2.14. The Balaban J connectivity index is 1.29. The summed E-state index contributed by atoms with van der Waals surface area (Å²) in [6.45, 7) is 1.70. The predicted octanol–water partition coefficient (Wildman–Crippen LogP) is 4.34. The van der Waals surface area contributed by atoms with Crippen LogP contribution in [0.2, 0.25) is 0 Å². The zero-order chi connectivity index (χ0) is 20.9. The van der Waals surface area contributed by atoms with Crippen LogP contribution in [-0.4, -0.2) is 29.5 Å². The van der Waals surface area contributed by atoms with E-state index in [0.29, 0.717) is 5.56 Å². The van der Waals surface area contributed by atoms with Gasteiger partial charge in [0.25, 0.3) is 5.91 Å². The van der Waals surface area contributed by atoms with Crippen LogP contribution >= 0.6 is 0 Å². The second kappa shape index (κ2) is 9.16. The van der Waals surface area contributed by atoms with Crippen LogP contribution in [0.1, 0.15) is 53.4 Å². The van der Waals surface area contributed by atoms with Crippen molar-refractivity contribution in [3.8, 4) is 0 Å². The Morgan fingerprint density at radius 2 is 1.90 bits per heavy atom. The highest BCUT2D eigenvalue weighted by Crippen LogP contribution is 2.29. The molecule has 1 atom stereocenters. The fraction of sp³-hybridized carbons (Fsp3) is 0.360. The molecule has 30 heavy (non-hydrogen) atoms. The van der Waals surface area contributed by atoms with Gasteiger partial charge in [0, 0.05) is 22.6 Å². The number of fused-ring (bicyclic) bond motifs is 3. The number of aromatic amines is 1. The number of H-pyrrole nitrogens is 1. The van der Waals surface area contributed by atoms with E-state index >= 15 is 0 Å². The molecule has 1 amide bonds. The van der Waals surface area contributed by atoms with Crippen molar-refractivity contribution < 1.29 is 14.3 Å². The van der Waals surface area contributed by atoms with Gasteiger partial charge in [0.2, 0.25) is 0 Å². The Morgan fingerprint density at radius 1 is 1.10 bits per heavy atom. The second-order valence-electron chi connectivity index (χ2n) is 8.12. The van der Waals surface area contributed by atoms with Gasteiger partial charge in [0.05, 0.1) is 5.56 Å². The Kier molecular flexibility index (Phi) is 6.17. The number of hydrogen-bond donors (Lipinski definition) is 2. The third-order valence-electron chi connectivity index (χ3n) is 5.78. The fourth-order valence-corrected chi connectivity index (χ4v) is 4.16. The van der Waals surface area contributed by atoms with E-state index in [1.807, 2.05) is 37.3 Å². The maximum absolute atomic E-state index is 12.5. The molecule has 0 fully saturated rings. The Morgan fingerprint density at radius 3 is 2.73 bits per heavy atom. The predicted molar refractivity (Wildman–Crippen MR) is 118 cm³/mol. The average molecular weight is 405 g/mol. The van der Waals surface area contributed by atoms with Crippen LogP contribution in [0.5, 0.6) is 0 Å². The molecule has 0 aliphatic heterocycles. The molecule has 0 saturated carbocycles. The molecule has 1 heterocycles. The van der Waals surface area contributed by atoms with Gasteiger partial charge >= 0.3 is 5.97 Å². The molecule has 1 unspecified atom stereocenters. The topological polar surface area (TPSA) is 71.2 Å². The van der Waals surface area contributed by atoms with Crippen LogP contribution in [0, 0.1) is 0 Å². The lowest BCUT2D eigenvalue weighted by molar-refractivity contribution is -0.124. The third kappa shape index (κ3) is 4.73. The summed E-state index contributed by atoms with van der Waals surface area (Å²) in [5.41, 5.74) is 5.39. The first kappa shape index (κ1) is 20.2. The summed E-state index contributed by atoms with van der Waals surface area (Å²) >= 11 is 0. The summed E-state index contributed by atoms with van der Waals surface area (Å²) in [4.78, 5) is 28.1. The molecular formula is C25H28N2O3. The normalized spacial score (nSPS) is 14.2. The maximum atomic E-state index is 12.5. The number of esters is 1. The van der Waals surface area contributed by atoms with Crippen molar-refractivity contribution in [1.29, 1.82) is 0 Å². The smallest absolute Gasteiger partial charge is 0.338 e. The first-order chi connectivity index (χ1) is 14.6. The lowest BCUT2D eigenvalue weighted by Crippen LogP contribution is -2.36. The summed E-state index contributed by atoms with van der Waals surface area (Å²) in [6.07, 6.45) is 6.20. The Labute approximate surface area is 176 Å². The number of carbonyl (C=O) groups is 2. The van der Waals surface area contributed by atoms with Crippen LogP contribution < -0.4 is 5.32 Å². The highest BCUT2D eigenvalue weighted by Gasteiger charge is 2.18. The van der Waals surface area contributed by atoms with Crippen molar-refractivity contribution in [2.75, 3.05) is 6.61 Å². The Hall–Kier alpha value is -3.08. The van der Waals surface area contributed by atoms with Crippen LogP contribution in [0.4, 0.5) is 0 Å². The first-order valence-corrected chi connectivity index (χ1v) is 10.7. The fourth-order valence-electron chi connectivity index (χ4n) is 4.16. The molecule has 5 nitrogen and oxygen atoms in total. The van der Waals surface area contributed by atoms with E-state index in [4.69, 9.17) is 4.74 Å². The second-order valence-corrected chi connectivity index (χ2v) is 8.12. The van der Waals surface area contributed by atoms with Crippen molar-refractivity contribution in [2.24, 2.45) is 0 Å². The molecule has 1 aromatic heterocycles. The standard InChI is InChI=1S/C25H28N2O3/c1-17(11-12-18-7-3-2-4-8-18)26-24(28)16-30-25(29)19-13-14-23-21(15-19)20-9-5-6-10-22(20)27-23/h2-4,7-8,13-15,17,27H,5-6,9-12,16H2,1H3,(H,26,28). The summed E-state index contributed by atoms with van der Waals surface area (Å²) in [6, 6.07) is 15.8. The van der Waals surface area contributed by atoms with E-state index in [0.717, 1.165) is 36.6 Å². The summed E-state index contributed by atoms with van der Waals surface area (Å²) < 4.78 is 5.26. The molecule has 4 rings (SSSR count). The number of rotatable bonds is 7. The molecule has 2 N–H and O–H groups in total. The number of aryl methyl sites for hydroxylation is 3. The molecule has 0 radical (unpaired) electrons. The summed E-state index contributed by atoms with van der Waals surface area (Å²) in [7, 11) is 0. The highest BCUT2D eigenvalue weighted by atomic mass is 16.5. The molecule has 2 aromatic carbocycles. The van der Waals surface area contributed by atoms with E-state index in [2.05, 4.69) is 22.4 Å². The summed E-state index contributed by atoms with van der Waals surface area (Å²) in [5, 5.41) is 4.00. The van der Waals surface area contributed by atoms with Crippen molar-refractivity contribution >= 4 is 22.8 Å². The van der Waals surface area contributed by atoms with Crippen LogP contribution in [-0.2, 0) is 28.8 Å². The van der Waals surface area contributed by atoms with E-state index < -0.39 is 5.97 Å². The molecule has 0 spiro atoms. The quantitative estimate of drug-likeness (QED) is 0.576. The zero-order valence-corrected chi connectivity index (χ0v) is 17.4. The molecule has 1 aliphatic carbocycles. The molecule has 156 valence electrons. The monoisotopic (exact) mass is 404 g/mol. The van der Waals surface area contributed by atoms with Gasteiger partial charge in [-0.05, 0) is 74.8 Å². The molecular weight excluding hydrogens is 376 g/mol. The number of aromatic nitrogens is 1. The van der Waals surface area contributed by atoms with Gasteiger partial charge in [-0.15, -0.1) is 0 Å². The molecule has 3 aromatic rings. The first-order valence-electron chi connectivity index (χ1n) is 10.7. The zero-order valence-electron chi connectivity index (χ0n) is 17.4. The van der Waals surface area contributed by atoms with Crippen molar-refractivity contribution in [3.63, 3.8) is 0 Å². The van der Waals surface area contributed by atoms with Crippen LogP contribution in [0.15, 0.2) is 48.5 Å². The van der Waals surface area contributed by atoms with Gasteiger partial charge in [-0.1, -0.05) is 30.3 Å². The Bertz CT molecular complexity index is 1040. The van der Waals surface area contributed by atoms with Crippen molar-refractivity contribution in [3.05, 3.63) is 70.9 Å². The molecule has 0 saturated heterocycles. The SMILES string of the molecule is CC(CCc1ccccc1)NC(=O)COC(=O)c1ccc2[nH]c3c(c2c1)CCCC3. The maximum Gasteiger partial charge on any atom is 0.338 e. The van der Waals surface area contributed by atoms with E-state index in [1.165, 1.54) is 29.7 Å². The molecule has 0 bridgehead atoms. The average Bonchev–Trinajstić information content (AvgIpc) is 3.14. The van der Waals surface area contributed by atoms with E-state index in [9.17, 15) is 9.59 Å². The van der Waals surface area contributed by atoms with Gasteiger partial charge < -0.3 is 15.0 Å². The molecule has 5 heteroatoms. The number of ether oxygens (including phenoxy) is 1. The number of benzene rings is 2. The molecule has 1 aliphatic rings. The number of nitrogens with one attached hydrogen (secondary N) is 2. The number of amides is 1. The van der Waals surface area contributed by atoms with Gasteiger partial charge in [-0.2, -0.15) is 0 Å². The highest BCUT2D eigenvalue weighted by molar-refractivity contribution is 5.97. The minimum Gasteiger partial charge on any atom is -0.452 e. The van der Waals surface area contributed by atoms with E-state index in [1.54, 1.807) is 6.07 Å². The third-order valence-corrected chi connectivity index (χ3v) is 5.78. The lowest BCUT2D eigenvalue weighted by atomic mass is 9.95. The van der Waals surface area contributed by atoms with Crippen LogP contribution in [0.25, 0.3) is 10.9 Å². The minimum absolute atomic E-state index is 0.0131. The van der Waals surface area contributed by atoms with Crippen molar-refractivity contribution in [1.82, 2.24) is 10.3 Å². The largest absolute Gasteiger partial charge is 0.452 e. The van der Waals surface area contributed by atoms with Crippen LogP contribution in [0.3, 0.4) is 0 Å². The van der Waals surface area contributed by atoms with Gasteiger partial charge in [0.1, 0.15) is 0 Å². The van der Waals surface area contributed by atoms with Crippen molar-refractivity contribution in [2.45, 2.75) is 51.5 Å². The number of carbonyl (C=O) groups excluding carboxylic acids is 2. The van der Waals surface area contributed by atoms with Gasteiger partial charge in [0.15, 0.2) is 6.61 Å². The minimum atomic E-state index is -0.463. The van der Waals surface area contributed by atoms with Gasteiger partial charge in [-0.25, -0.2) is 4.79 Å². The number of hydrogen-bond acceptors (Lipinski definition) is 3. The van der Waals surface area contributed by atoms with Gasteiger partial charge in [-0.3, -0.25) is 4.79 Å².